The van der Waals surface area contributed by atoms with Crippen LogP contribution < -0.4 is 11.1 Å². The van der Waals surface area contributed by atoms with Crippen LogP contribution in [0.3, 0.4) is 0 Å². The van der Waals surface area contributed by atoms with Crippen LogP contribution in [0.4, 0.5) is 15.1 Å². The first kappa shape index (κ1) is 16.4. The molecule has 0 atom stereocenters. The number of nitrogen functional groups attached to an aromatic ring is 1. The summed E-state index contributed by atoms with van der Waals surface area (Å²) >= 11 is 7.19. The van der Waals surface area contributed by atoms with Crippen molar-refractivity contribution in [2.24, 2.45) is 0 Å². The van der Waals surface area contributed by atoms with Gasteiger partial charge in [-0.1, -0.05) is 11.6 Å². The molecule has 3 N–H and O–H groups in total. The maximum atomic E-state index is 13.7. The summed E-state index contributed by atoms with van der Waals surface area (Å²) in [5.41, 5.74) is 7.63. The van der Waals surface area contributed by atoms with E-state index in [2.05, 4.69) is 10.3 Å². The molecule has 0 saturated carbocycles. The molecule has 0 aliphatic rings. The predicted molar refractivity (Wildman–Crippen MR) is 95.7 cm³/mol. The van der Waals surface area contributed by atoms with Gasteiger partial charge in [-0.15, -0.1) is 11.3 Å². The molecular formula is C17H13ClFN3OS. The summed E-state index contributed by atoms with van der Waals surface area (Å²) < 4.78 is 13.7. The molecule has 0 radical (unpaired) electrons. The first-order valence-electron chi connectivity index (χ1n) is 7.06. The van der Waals surface area contributed by atoms with E-state index in [9.17, 15) is 9.18 Å². The highest BCUT2D eigenvalue weighted by Gasteiger charge is 2.13. The van der Waals surface area contributed by atoms with Crippen LogP contribution in [-0.4, -0.2) is 10.9 Å². The van der Waals surface area contributed by atoms with E-state index in [0.29, 0.717) is 15.7 Å². The summed E-state index contributed by atoms with van der Waals surface area (Å²) in [7, 11) is 0. The van der Waals surface area contributed by atoms with Gasteiger partial charge in [0.2, 0.25) is 5.91 Å². The van der Waals surface area contributed by atoms with Crippen molar-refractivity contribution in [2.75, 3.05) is 11.1 Å². The van der Waals surface area contributed by atoms with Gasteiger partial charge in [-0.25, -0.2) is 4.39 Å². The van der Waals surface area contributed by atoms with Crippen LogP contribution in [-0.2, 0) is 11.2 Å². The highest BCUT2D eigenvalue weighted by atomic mass is 35.5. The van der Waals surface area contributed by atoms with E-state index in [-0.39, 0.29) is 17.9 Å². The standard InChI is InChI=1S/C17H13ClFN3OS/c18-12-1-2-13(19)11(7-12)8-16(23)22-17-14(20)9-15(24-17)10-3-5-21-6-4-10/h1-7,9H,8,20H2,(H,22,23). The number of amides is 1. The third-order valence-corrected chi connectivity index (χ3v) is 4.69. The summed E-state index contributed by atoms with van der Waals surface area (Å²) in [5, 5.41) is 3.65. The smallest absolute Gasteiger partial charge is 0.229 e. The Hall–Kier alpha value is -2.44. The van der Waals surface area contributed by atoms with Crippen molar-refractivity contribution >= 4 is 39.5 Å². The molecule has 3 aromatic rings. The van der Waals surface area contributed by atoms with Gasteiger partial charge in [0, 0.05) is 22.3 Å². The lowest BCUT2D eigenvalue weighted by molar-refractivity contribution is -0.115. The Morgan fingerprint density at radius 3 is 2.75 bits per heavy atom. The summed E-state index contributed by atoms with van der Waals surface area (Å²) in [6, 6.07) is 9.63. The molecule has 122 valence electrons. The monoisotopic (exact) mass is 361 g/mol. The van der Waals surface area contributed by atoms with E-state index < -0.39 is 5.82 Å². The lowest BCUT2D eigenvalue weighted by Gasteiger charge is -2.05. The lowest BCUT2D eigenvalue weighted by atomic mass is 10.1. The van der Waals surface area contributed by atoms with Crippen LogP contribution in [0.1, 0.15) is 5.56 Å². The molecule has 0 aliphatic heterocycles. The number of aromatic nitrogens is 1. The van der Waals surface area contributed by atoms with Crippen LogP contribution in [0.25, 0.3) is 10.4 Å². The largest absolute Gasteiger partial charge is 0.396 e. The van der Waals surface area contributed by atoms with Gasteiger partial charge in [-0.3, -0.25) is 9.78 Å². The van der Waals surface area contributed by atoms with E-state index in [1.807, 2.05) is 12.1 Å². The number of pyridine rings is 1. The second-order valence-corrected chi connectivity index (χ2v) is 6.58. The molecule has 4 nitrogen and oxygen atoms in total. The number of carbonyl (C=O) groups is 1. The number of nitrogens with zero attached hydrogens (tertiary/aromatic N) is 1. The fourth-order valence-corrected chi connectivity index (χ4v) is 3.38. The number of hydrogen-bond donors (Lipinski definition) is 2. The molecule has 0 unspecified atom stereocenters. The van der Waals surface area contributed by atoms with Crippen molar-refractivity contribution in [3.63, 3.8) is 0 Å². The van der Waals surface area contributed by atoms with Gasteiger partial charge in [0.1, 0.15) is 10.8 Å². The number of carbonyl (C=O) groups excluding carboxylic acids is 1. The van der Waals surface area contributed by atoms with Crippen LogP contribution in [0, 0.1) is 5.82 Å². The van der Waals surface area contributed by atoms with Gasteiger partial charge in [-0.2, -0.15) is 0 Å². The Bertz CT molecular complexity index is 883. The number of nitrogens with two attached hydrogens (primary N) is 1. The number of thiophene rings is 1. The quantitative estimate of drug-likeness (QED) is 0.725. The topological polar surface area (TPSA) is 68.0 Å². The Balaban J connectivity index is 1.75. The van der Waals surface area contributed by atoms with E-state index in [4.69, 9.17) is 17.3 Å². The molecule has 7 heteroatoms. The Labute approximate surface area is 147 Å². The molecule has 3 rings (SSSR count). The summed E-state index contributed by atoms with van der Waals surface area (Å²) in [5.74, 6) is -0.822. The van der Waals surface area contributed by atoms with Crippen LogP contribution in [0.2, 0.25) is 5.02 Å². The van der Waals surface area contributed by atoms with Gasteiger partial charge in [0.05, 0.1) is 12.1 Å². The van der Waals surface area contributed by atoms with E-state index in [1.54, 1.807) is 18.5 Å². The van der Waals surface area contributed by atoms with Gasteiger partial charge in [0.25, 0.3) is 0 Å². The molecule has 2 heterocycles. The fraction of sp³-hybridized carbons (Fsp3) is 0.0588. The Morgan fingerprint density at radius 2 is 2.00 bits per heavy atom. The Morgan fingerprint density at radius 1 is 1.25 bits per heavy atom. The highest BCUT2D eigenvalue weighted by molar-refractivity contribution is 7.20. The van der Waals surface area contributed by atoms with Crippen LogP contribution in [0.5, 0.6) is 0 Å². The zero-order valence-electron chi connectivity index (χ0n) is 12.4. The van der Waals surface area contributed by atoms with Crippen molar-refractivity contribution in [1.29, 1.82) is 0 Å². The molecule has 2 aromatic heterocycles. The van der Waals surface area contributed by atoms with E-state index >= 15 is 0 Å². The van der Waals surface area contributed by atoms with Gasteiger partial charge < -0.3 is 11.1 Å². The number of hydrogen-bond acceptors (Lipinski definition) is 4. The number of anilines is 2. The normalized spacial score (nSPS) is 10.6. The van der Waals surface area contributed by atoms with E-state index in [0.717, 1.165) is 10.4 Å². The second-order valence-electron chi connectivity index (χ2n) is 5.09. The minimum Gasteiger partial charge on any atom is -0.396 e. The van der Waals surface area contributed by atoms with Crippen molar-refractivity contribution in [1.82, 2.24) is 4.98 Å². The van der Waals surface area contributed by atoms with Crippen LogP contribution in [0.15, 0.2) is 48.8 Å². The minimum absolute atomic E-state index is 0.117. The molecule has 0 aliphatic carbocycles. The SMILES string of the molecule is Nc1cc(-c2ccncc2)sc1NC(=O)Cc1cc(Cl)ccc1F. The molecule has 0 spiro atoms. The molecule has 0 fully saturated rings. The van der Waals surface area contributed by atoms with Gasteiger partial charge in [-0.05, 0) is 47.5 Å². The van der Waals surface area contributed by atoms with Gasteiger partial charge in [0.15, 0.2) is 0 Å². The van der Waals surface area contributed by atoms with Gasteiger partial charge >= 0.3 is 0 Å². The molecule has 1 amide bonds. The molecule has 24 heavy (non-hydrogen) atoms. The number of nitrogens with one attached hydrogen (secondary N) is 1. The number of benzene rings is 1. The fourth-order valence-electron chi connectivity index (χ4n) is 2.18. The van der Waals surface area contributed by atoms with Crippen molar-refractivity contribution < 1.29 is 9.18 Å². The zero-order chi connectivity index (χ0) is 17.1. The van der Waals surface area contributed by atoms with Crippen molar-refractivity contribution in [2.45, 2.75) is 6.42 Å². The third-order valence-electron chi connectivity index (χ3n) is 3.34. The number of halogens is 2. The third kappa shape index (κ3) is 3.72. The molecule has 0 bridgehead atoms. The van der Waals surface area contributed by atoms with Crippen molar-refractivity contribution in [3.05, 3.63) is 65.2 Å². The minimum atomic E-state index is -0.467. The predicted octanol–water partition coefficient (Wildman–Crippen LogP) is 4.37. The highest BCUT2D eigenvalue weighted by Crippen LogP contribution is 2.37. The first-order chi connectivity index (χ1) is 11.5. The maximum absolute atomic E-state index is 13.7. The zero-order valence-corrected chi connectivity index (χ0v) is 14.0. The summed E-state index contributed by atoms with van der Waals surface area (Å²) in [6.45, 7) is 0. The first-order valence-corrected chi connectivity index (χ1v) is 8.26. The average Bonchev–Trinajstić information content (AvgIpc) is 2.92. The van der Waals surface area contributed by atoms with Crippen LogP contribution >= 0.6 is 22.9 Å². The second kappa shape index (κ2) is 6.98. The summed E-state index contributed by atoms with van der Waals surface area (Å²) in [6.07, 6.45) is 3.26. The molecule has 1 aromatic carbocycles. The van der Waals surface area contributed by atoms with Crippen molar-refractivity contribution in [3.8, 4) is 10.4 Å². The number of rotatable bonds is 4. The summed E-state index contributed by atoms with van der Waals surface area (Å²) in [4.78, 5) is 17.0. The maximum Gasteiger partial charge on any atom is 0.229 e. The molecule has 0 saturated heterocycles. The van der Waals surface area contributed by atoms with E-state index in [1.165, 1.54) is 29.5 Å². The Kier molecular flexibility index (Phi) is 4.78. The average molecular weight is 362 g/mol. The lowest BCUT2D eigenvalue weighted by Crippen LogP contribution is -2.15. The molecular weight excluding hydrogens is 349 g/mol.